The molecule has 1 unspecified atom stereocenters. The van der Waals surface area contributed by atoms with Gasteiger partial charge in [0.05, 0.1) is 18.5 Å². The van der Waals surface area contributed by atoms with E-state index in [1.165, 1.54) is 18.6 Å². The Balaban J connectivity index is 2.23. The fourth-order valence-corrected chi connectivity index (χ4v) is 1.28. The summed E-state index contributed by atoms with van der Waals surface area (Å²) in [4.78, 5) is 0. The molecule has 12 heavy (non-hydrogen) atoms. The van der Waals surface area contributed by atoms with Crippen LogP contribution >= 0.6 is 0 Å². The first-order chi connectivity index (χ1) is 5.83. The van der Waals surface area contributed by atoms with Gasteiger partial charge in [0.15, 0.2) is 0 Å². The van der Waals surface area contributed by atoms with Crippen molar-refractivity contribution < 1.29 is 0 Å². The van der Waals surface area contributed by atoms with Gasteiger partial charge in [-0.2, -0.15) is 10.4 Å². The van der Waals surface area contributed by atoms with Gasteiger partial charge >= 0.3 is 0 Å². The van der Waals surface area contributed by atoms with Crippen LogP contribution in [0.5, 0.6) is 0 Å². The fourth-order valence-electron chi connectivity index (χ4n) is 1.28. The molecule has 1 atom stereocenters. The molecule has 0 aromatic rings. The lowest BCUT2D eigenvalue weighted by Gasteiger charge is -2.06. The molecule has 0 aliphatic heterocycles. The Morgan fingerprint density at radius 2 is 2.25 bits per heavy atom. The lowest BCUT2D eigenvalue weighted by Crippen LogP contribution is -2.21. The zero-order chi connectivity index (χ0) is 8.81. The molecule has 0 radical (unpaired) electrons. The summed E-state index contributed by atoms with van der Waals surface area (Å²) < 4.78 is 0. The Hall–Kier alpha value is -1.04. The second-order valence-corrected chi connectivity index (χ2v) is 3.28. The zero-order valence-corrected chi connectivity index (χ0v) is 7.51. The predicted octanol–water partition coefficient (Wildman–Crippen LogP) is 1.81. The molecule has 1 saturated carbocycles. The summed E-state index contributed by atoms with van der Waals surface area (Å²) in [5, 5.41) is 12.6. The van der Waals surface area contributed by atoms with E-state index in [1.807, 2.05) is 6.92 Å². The van der Waals surface area contributed by atoms with Gasteiger partial charge in [0.2, 0.25) is 0 Å². The number of rotatable bonds is 3. The van der Waals surface area contributed by atoms with Crippen LogP contribution in [-0.2, 0) is 0 Å². The van der Waals surface area contributed by atoms with Gasteiger partial charge in [-0.3, -0.25) is 0 Å². The molecule has 0 heterocycles. The summed E-state index contributed by atoms with van der Waals surface area (Å²) in [5.41, 5.74) is 4.25. The van der Waals surface area contributed by atoms with Crippen LogP contribution in [0.15, 0.2) is 5.10 Å². The number of hydrogen-bond donors (Lipinski definition) is 1. The van der Waals surface area contributed by atoms with Crippen LogP contribution in [0.4, 0.5) is 0 Å². The largest absolute Gasteiger partial charge is 0.306 e. The van der Waals surface area contributed by atoms with E-state index in [1.54, 1.807) is 0 Å². The van der Waals surface area contributed by atoms with E-state index < -0.39 is 0 Å². The molecule has 0 saturated heterocycles. The number of hydrogen-bond acceptors (Lipinski definition) is 3. The Labute approximate surface area is 73.5 Å². The van der Waals surface area contributed by atoms with Crippen molar-refractivity contribution in [1.29, 1.82) is 5.26 Å². The van der Waals surface area contributed by atoms with Gasteiger partial charge in [-0.05, 0) is 32.6 Å². The van der Waals surface area contributed by atoms with Gasteiger partial charge in [0.1, 0.15) is 0 Å². The lowest BCUT2D eigenvalue weighted by molar-refractivity contribution is 0.582. The molecule has 3 heteroatoms. The van der Waals surface area contributed by atoms with Crippen molar-refractivity contribution >= 4 is 5.71 Å². The monoisotopic (exact) mass is 165 g/mol. The summed E-state index contributed by atoms with van der Waals surface area (Å²) in [6.45, 7) is 1.97. The quantitative estimate of drug-likeness (QED) is 0.648. The van der Waals surface area contributed by atoms with Gasteiger partial charge in [-0.15, -0.1) is 0 Å². The summed E-state index contributed by atoms with van der Waals surface area (Å²) in [5.74, 6) is 0. The maximum absolute atomic E-state index is 8.39. The number of nitrogens with one attached hydrogen (secondary N) is 1. The Morgan fingerprint density at radius 3 is 2.83 bits per heavy atom. The van der Waals surface area contributed by atoms with Crippen LogP contribution < -0.4 is 5.43 Å². The fraction of sp³-hybridized carbons (Fsp3) is 0.778. The smallest absolute Gasteiger partial charge is 0.0643 e. The lowest BCUT2D eigenvalue weighted by atomic mass is 10.3. The molecule has 0 aromatic heterocycles. The Kier molecular flexibility index (Phi) is 3.59. The third-order valence-corrected chi connectivity index (χ3v) is 2.02. The second kappa shape index (κ2) is 4.76. The third-order valence-electron chi connectivity index (χ3n) is 2.02. The molecule has 0 bridgehead atoms. The highest BCUT2D eigenvalue weighted by Gasteiger charge is 2.08. The molecular weight excluding hydrogens is 150 g/mol. The first-order valence-electron chi connectivity index (χ1n) is 4.51. The first-order valence-corrected chi connectivity index (χ1v) is 4.51. The molecule has 1 aliphatic rings. The van der Waals surface area contributed by atoms with E-state index in [0.717, 1.165) is 12.8 Å². The topological polar surface area (TPSA) is 48.2 Å². The first kappa shape index (κ1) is 9.05. The summed E-state index contributed by atoms with van der Waals surface area (Å²) in [6.07, 6.45) is 5.33. The van der Waals surface area contributed by atoms with Gasteiger partial charge < -0.3 is 5.43 Å². The molecule has 1 N–H and O–H groups in total. The van der Waals surface area contributed by atoms with E-state index in [4.69, 9.17) is 5.26 Å². The molecule has 1 rings (SSSR count). The normalized spacial score (nSPS) is 18.5. The second-order valence-electron chi connectivity index (χ2n) is 3.28. The third kappa shape index (κ3) is 2.91. The number of nitrogens with zero attached hydrogens (tertiary/aromatic N) is 2. The molecule has 0 aromatic carbocycles. The molecule has 1 fully saturated rings. The molecule has 0 spiro atoms. The van der Waals surface area contributed by atoms with Crippen molar-refractivity contribution in [3.8, 4) is 6.07 Å². The summed E-state index contributed by atoms with van der Waals surface area (Å²) in [7, 11) is 0. The minimum absolute atomic E-state index is 0.183. The average Bonchev–Trinajstić information content (AvgIpc) is 2.53. The van der Waals surface area contributed by atoms with Crippen LogP contribution in [-0.4, -0.2) is 11.8 Å². The highest BCUT2D eigenvalue weighted by Crippen LogP contribution is 2.13. The molecule has 3 nitrogen and oxygen atoms in total. The van der Waals surface area contributed by atoms with Crippen molar-refractivity contribution in [2.45, 2.75) is 45.1 Å². The van der Waals surface area contributed by atoms with Crippen molar-refractivity contribution in [3.05, 3.63) is 0 Å². The van der Waals surface area contributed by atoms with E-state index >= 15 is 0 Å². The van der Waals surface area contributed by atoms with Crippen molar-refractivity contribution in [2.75, 3.05) is 0 Å². The molecule has 0 amide bonds. The van der Waals surface area contributed by atoms with Crippen molar-refractivity contribution in [1.82, 2.24) is 5.43 Å². The van der Waals surface area contributed by atoms with Crippen molar-refractivity contribution in [2.24, 2.45) is 5.10 Å². The maximum Gasteiger partial charge on any atom is 0.0643 e. The standard InChI is InChI=1S/C9H15N3/c1-8(6-7-10)11-12-9-4-2-3-5-9/h8,11H,2-6H2,1H3. The summed E-state index contributed by atoms with van der Waals surface area (Å²) in [6, 6.07) is 2.29. The van der Waals surface area contributed by atoms with E-state index in [-0.39, 0.29) is 6.04 Å². The number of nitriles is 1. The van der Waals surface area contributed by atoms with Crippen LogP contribution in [0.3, 0.4) is 0 Å². The maximum atomic E-state index is 8.39. The minimum atomic E-state index is 0.183. The molecule has 66 valence electrons. The summed E-state index contributed by atoms with van der Waals surface area (Å²) >= 11 is 0. The average molecular weight is 165 g/mol. The van der Waals surface area contributed by atoms with Crippen LogP contribution in [0, 0.1) is 11.3 Å². The van der Waals surface area contributed by atoms with Gasteiger partial charge in [0.25, 0.3) is 0 Å². The zero-order valence-electron chi connectivity index (χ0n) is 7.51. The number of hydrazone groups is 1. The molecule has 1 aliphatic carbocycles. The van der Waals surface area contributed by atoms with E-state index in [9.17, 15) is 0 Å². The Bertz CT molecular complexity index is 194. The highest BCUT2D eigenvalue weighted by molar-refractivity contribution is 5.85. The van der Waals surface area contributed by atoms with Crippen LogP contribution in [0.1, 0.15) is 39.0 Å². The van der Waals surface area contributed by atoms with E-state index in [2.05, 4.69) is 16.6 Å². The van der Waals surface area contributed by atoms with Gasteiger partial charge in [0, 0.05) is 5.71 Å². The minimum Gasteiger partial charge on any atom is -0.306 e. The van der Waals surface area contributed by atoms with Gasteiger partial charge in [-0.25, -0.2) is 0 Å². The molecular formula is C9H15N3. The highest BCUT2D eigenvalue weighted by atomic mass is 15.3. The predicted molar refractivity (Wildman–Crippen MR) is 48.7 cm³/mol. The Morgan fingerprint density at radius 1 is 1.58 bits per heavy atom. The van der Waals surface area contributed by atoms with Crippen molar-refractivity contribution in [3.63, 3.8) is 0 Å². The van der Waals surface area contributed by atoms with Crippen LogP contribution in [0.25, 0.3) is 0 Å². The van der Waals surface area contributed by atoms with Gasteiger partial charge in [-0.1, -0.05) is 0 Å². The van der Waals surface area contributed by atoms with E-state index in [0.29, 0.717) is 6.42 Å². The van der Waals surface area contributed by atoms with Crippen LogP contribution in [0.2, 0.25) is 0 Å². The SMILES string of the molecule is CC(CC#N)NN=C1CCCC1.